The summed E-state index contributed by atoms with van der Waals surface area (Å²) < 4.78 is 6.01. The number of fused-ring (bicyclic) bond motifs is 1. The molecule has 28 heavy (non-hydrogen) atoms. The Balaban J connectivity index is 0.00000109. The van der Waals surface area contributed by atoms with Crippen molar-refractivity contribution in [2.24, 2.45) is 11.7 Å². The summed E-state index contributed by atoms with van der Waals surface area (Å²) in [5, 5.41) is 0. The van der Waals surface area contributed by atoms with Crippen LogP contribution in [0, 0.1) is 5.92 Å². The van der Waals surface area contributed by atoms with Crippen molar-refractivity contribution in [2.75, 3.05) is 18.1 Å². The summed E-state index contributed by atoms with van der Waals surface area (Å²) in [5.74, 6) is 1.84. The molecule has 0 amide bonds. The van der Waals surface area contributed by atoms with Crippen LogP contribution in [0.2, 0.25) is 0 Å². The molecule has 0 aromatic heterocycles. The van der Waals surface area contributed by atoms with Gasteiger partial charge in [0.2, 0.25) is 0 Å². The van der Waals surface area contributed by atoms with E-state index in [0.29, 0.717) is 0 Å². The normalized spacial score (nSPS) is 17.7. The molecule has 0 saturated heterocycles. The van der Waals surface area contributed by atoms with Crippen LogP contribution in [0.3, 0.4) is 0 Å². The monoisotopic (exact) mass is 492 g/mol. The molecule has 2 aromatic carbocycles. The molecule has 2 aliphatic rings. The zero-order chi connectivity index (χ0) is 19.9. The number of nitrogens with zero attached hydrogens (tertiary/aromatic N) is 1. The quantitative estimate of drug-likeness (QED) is 0.428. The van der Waals surface area contributed by atoms with E-state index in [0.717, 1.165) is 44.3 Å². The van der Waals surface area contributed by atoms with Crippen molar-refractivity contribution >= 4 is 22.6 Å². The summed E-state index contributed by atoms with van der Waals surface area (Å²) in [6.07, 6.45) is 5.16. The van der Waals surface area contributed by atoms with Crippen LogP contribution < -0.4 is 10.5 Å². The molecule has 0 spiro atoms. The van der Waals surface area contributed by atoms with Gasteiger partial charge in [-0.3, -0.25) is 4.90 Å². The van der Waals surface area contributed by atoms with Crippen LogP contribution in [0.5, 0.6) is 5.75 Å². The smallest absolute Gasteiger partial charge is 0.119 e. The standard InChI is InChI=1S/C23H30N2O.CH3I/c1-17(24)20-7-5-18(6-8-20)14-25-12-11-21-13-23(10-9-22(21)15-25)26-16-19-3-2-4-19;1-2/h5-10,13,17,19H,2-4,11-12,14-16,24H2,1H3;1H3/t17-;/m0./s1. The van der Waals surface area contributed by atoms with Crippen molar-refractivity contribution in [3.63, 3.8) is 0 Å². The molecule has 0 radical (unpaired) electrons. The summed E-state index contributed by atoms with van der Waals surface area (Å²) >= 11 is 2.15. The van der Waals surface area contributed by atoms with Gasteiger partial charge in [0.15, 0.2) is 0 Å². The SMILES string of the molecule is CI.C[C@H](N)c1ccc(CN2CCc3cc(OCC4CCC4)ccc3C2)cc1. The Hall–Kier alpha value is -1.11. The van der Waals surface area contributed by atoms with E-state index < -0.39 is 0 Å². The maximum Gasteiger partial charge on any atom is 0.119 e. The number of ether oxygens (including phenoxy) is 1. The molecule has 0 unspecified atom stereocenters. The Bertz CT molecular complexity index is 741. The van der Waals surface area contributed by atoms with Crippen molar-refractivity contribution in [2.45, 2.75) is 51.7 Å². The average molecular weight is 492 g/mol. The van der Waals surface area contributed by atoms with Crippen LogP contribution in [-0.2, 0) is 19.5 Å². The topological polar surface area (TPSA) is 38.5 Å². The number of rotatable bonds is 6. The Labute approximate surface area is 183 Å². The molecule has 4 heteroatoms. The van der Waals surface area contributed by atoms with E-state index in [4.69, 9.17) is 10.5 Å². The van der Waals surface area contributed by atoms with Gasteiger partial charge in [-0.25, -0.2) is 0 Å². The first-order valence-electron chi connectivity index (χ1n) is 10.4. The van der Waals surface area contributed by atoms with Crippen molar-refractivity contribution in [3.05, 3.63) is 64.7 Å². The predicted molar refractivity (Wildman–Crippen MR) is 126 cm³/mol. The second-order valence-electron chi connectivity index (χ2n) is 8.03. The molecule has 1 aliphatic carbocycles. The number of alkyl halides is 1. The Morgan fingerprint density at radius 1 is 1.11 bits per heavy atom. The first-order valence-corrected chi connectivity index (χ1v) is 12.5. The molecule has 0 bridgehead atoms. The number of hydrogen-bond donors (Lipinski definition) is 1. The van der Waals surface area contributed by atoms with Crippen molar-refractivity contribution in [1.29, 1.82) is 0 Å². The maximum absolute atomic E-state index is 6.01. The maximum atomic E-state index is 6.01. The van der Waals surface area contributed by atoms with E-state index in [9.17, 15) is 0 Å². The van der Waals surface area contributed by atoms with Gasteiger partial charge in [0.25, 0.3) is 0 Å². The zero-order valence-electron chi connectivity index (χ0n) is 17.2. The molecular weight excluding hydrogens is 459 g/mol. The summed E-state index contributed by atoms with van der Waals surface area (Å²) in [6, 6.07) is 15.5. The number of nitrogens with two attached hydrogens (primary N) is 1. The minimum absolute atomic E-state index is 0.103. The van der Waals surface area contributed by atoms with Gasteiger partial charge in [0.05, 0.1) is 6.61 Å². The van der Waals surface area contributed by atoms with Crippen molar-refractivity contribution in [3.8, 4) is 5.75 Å². The number of benzene rings is 2. The molecule has 4 rings (SSSR count). The fourth-order valence-corrected chi connectivity index (χ4v) is 3.87. The van der Waals surface area contributed by atoms with Crippen LogP contribution in [0.1, 0.15) is 54.5 Å². The lowest BCUT2D eigenvalue weighted by Crippen LogP contribution is -2.30. The van der Waals surface area contributed by atoms with Gasteiger partial charge >= 0.3 is 0 Å². The number of hydrogen-bond acceptors (Lipinski definition) is 3. The largest absolute Gasteiger partial charge is 0.493 e. The highest BCUT2D eigenvalue weighted by molar-refractivity contribution is 14.1. The van der Waals surface area contributed by atoms with Crippen molar-refractivity contribution in [1.82, 2.24) is 4.90 Å². The van der Waals surface area contributed by atoms with Gasteiger partial charge in [0.1, 0.15) is 5.75 Å². The molecular formula is C24H33IN2O. The van der Waals surface area contributed by atoms with E-state index >= 15 is 0 Å². The fourth-order valence-electron chi connectivity index (χ4n) is 3.87. The minimum atomic E-state index is 0.103. The van der Waals surface area contributed by atoms with Gasteiger partial charge < -0.3 is 10.5 Å². The molecule has 1 aliphatic heterocycles. The second-order valence-corrected chi connectivity index (χ2v) is 8.03. The van der Waals surface area contributed by atoms with E-state index in [1.165, 1.54) is 41.5 Å². The van der Waals surface area contributed by atoms with Gasteiger partial charge in [-0.15, -0.1) is 0 Å². The number of halogens is 1. The van der Waals surface area contributed by atoms with Gasteiger partial charge in [-0.05, 0) is 71.4 Å². The molecule has 1 heterocycles. The van der Waals surface area contributed by atoms with Crippen LogP contribution in [0.4, 0.5) is 0 Å². The van der Waals surface area contributed by atoms with Crippen LogP contribution >= 0.6 is 22.6 Å². The van der Waals surface area contributed by atoms with Gasteiger partial charge in [-0.1, -0.05) is 59.3 Å². The zero-order valence-corrected chi connectivity index (χ0v) is 19.3. The van der Waals surface area contributed by atoms with Gasteiger partial charge in [0, 0.05) is 25.7 Å². The molecule has 2 aromatic rings. The van der Waals surface area contributed by atoms with Gasteiger partial charge in [-0.2, -0.15) is 0 Å². The van der Waals surface area contributed by atoms with E-state index in [1.54, 1.807) is 0 Å². The lowest BCUT2D eigenvalue weighted by atomic mass is 9.86. The lowest BCUT2D eigenvalue weighted by Gasteiger charge is -2.29. The van der Waals surface area contributed by atoms with Crippen LogP contribution in [-0.4, -0.2) is 23.0 Å². The molecule has 1 saturated carbocycles. The third kappa shape index (κ3) is 5.71. The van der Waals surface area contributed by atoms with E-state index in [2.05, 4.69) is 70.0 Å². The molecule has 1 atom stereocenters. The summed E-state index contributed by atoms with van der Waals surface area (Å²) in [5.41, 5.74) is 11.4. The molecule has 3 nitrogen and oxygen atoms in total. The Morgan fingerprint density at radius 2 is 1.86 bits per heavy atom. The molecule has 1 fully saturated rings. The first-order chi connectivity index (χ1) is 13.7. The van der Waals surface area contributed by atoms with Crippen LogP contribution in [0.25, 0.3) is 0 Å². The summed E-state index contributed by atoms with van der Waals surface area (Å²) in [6.45, 7) is 6.04. The summed E-state index contributed by atoms with van der Waals surface area (Å²) in [7, 11) is 0. The van der Waals surface area contributed by atoms with Crippen molar-refractivity contribution < 1.29 is 4.74 Å². The highest BCUT2D eigenvalue weighted by atomic mass is 127. The average Bonchev–Trinajstić information content (AvgIpc) is 2.69. The third-order valence-corrected chi connectivity index (χ3v) is 5.89. The highest BCUT2D eigenvalue weighted by Gasteiger charge is 2.19. The minimum Gasteiger partial charge on any atom is -0.493 e. The van der Waals surface area contributed by atoms with Crippen LogP contribution in [0.15, 0.2) is 42.5 Å². The highest BCUT2D eigenvalue weighted by Crippen LogP contribution is 2.29. The van der Waals surface area contributed by atoms with E-state index in [1.807, 2.05) is 11.9 Å². The second kappa shape index (κ2) is 10.6. The Kier molecular flexibility index (Phi) is 8.18. The summed E-state index contributed by atoms with van der Waals surface area (Å²) in [4.78, 5) is 4.50. The van der Waals surface area contributed by atoms with E-state index in [-0.39, 0.29) is 6.04 Å². The molecule has 152 valence electrons. The Morgan fingerprint density at radius 3 is 2.50 bits per heavy atom. The first kappa shape index (κ1) is 21.6. The third-order valence-electron chi connectivity index (χ3n) is 5.89. The fraction of sp³-hybridized carbons (Fsp3) is 0.500. The molecule has 2 N–H and O–H groups in total. The lowest BCUT2D eigenvalue weighted by molar-refractivity contribution is 0.180. The predicted octanol–water partition coefficient (Wildman–Crippen LogP) is 5.49.